The maximum atomic E-state index is 11.9. The lowest BCUT2D eigenvalue weighted by atomic mass is 10.1. The van der Waals surface area contributed by atoms with Crippen LogP contribution >= 0.6 is 27.5 Å². The van der Waals surface area contributed by atoms with Crippen molar-refractivity contribution in [3.05, 3.63) is 70.2 Å². The van der Waals surface area contributed by atoms with Crippen LogP contribution in [0.4, 0.5) is 0 Å². The Morgan fingerprint density at radius 1 is 0.821 bits per heavy atom. The third-order valence-corrected chi connectivity index (χ3v) is 4.85. The molecule has 2 N–H and O–H groups in total. The summed E-state index contributed by atoms with van der Waals surface area (Å²) in [5.41, 5.74) is 4.52. The van der Waals surface area contributed by atoms with Crippen molar-refractivity contribution in [1.82, 2.24) is 10.9 Å². The molecule has 3 aromatic carbocycles. The molecular formula is C20H16BrClN2O4. The summed E-state index contributed by atoms with van der Waals surface area (Å²) in [6.07, 6.45) is 0. The van der Waals surface area contributed by atoms with Gasteiger partial charge in [-0.05, 0) is 44.9 Å². The number of amides is 2. The highest BCUT2D eigenvalue weighted by atomic mass is 79.9. The largest absolute Gasteiger partial charge is 0.483 e. The number of ether oxygens (including phenoxy) is 2. The molecule has 28 heavy (non-hydrogen) atoms. The molecule has 0 heterocycles. The Labute approximate surface area is 174 Å². The molecule has 0 spiro atoms. The first-order valence-corrected chi connectivity index (χ1v) is 9.47. The second-order valence-corrected chi connectivity index (χ2v) is 6.90. The Balaban J connectivity index is 1.45. The fourth-order valence-electron chi connectivity index (χ4n) is 2.39. The molecule has 0 aromatic heterocycles. The van der Waals surface area contributed by atoms with Gasteiger partial charge in [-0.3, -0.25) is 20.4 Å². The van der Waals surface area contributed by atoms with Gasteiger partial charge in [0.25, 0.3) is 11.8 Å². The normalized spacial score (nSPS) is 10.4. The molecule has 0 aliphatic carbocycles. The fraction of sp³-hybridized carbons (Fsp3) is 0.100. The molecule has 3 aromatic rings. The molecule has 0 saturated carbocycles. The van der Waals surface area contributed by atoms with Crippen molar-refractivity contribution >= 4 is 50.1 Å². The van der Waals surface area contributed by atoms with Gasteiger partial charge in [0.2, 0.25) is 0 Å². The zero-order chi connectivity index (χ0) is 19.9. The summed E-state index contributed by atoms with van der Waals surface area (Å²) in [7, 11) is 0. The van der Waals surface area contributed by atoms with E-state index in [1.54, 1.807) is 30.3 Å². The van der Waals surface area contributed by atoms with Gasteiger partial charge in [0.15, 0.2) is 13.2 Å². The smallest absolute Gasteiger partial charge is 0.276 e. The molecule has 0 radical (unpaired) electrons. The van der Waals surface area contributed by atoms with Crippen LogP contribution in [0.1, 0.15) is 0 Å². The maximum Gasteiger partial charge on any atom is 0.276 e. The van der Waals surface area contributed by atoms with Crippen molar-refractivity contribution in [2.45, 2.75) is 0 Å². The van der Waals surface area contributed by atoms with Gasteiger partial charge >= 0.3 is 0 Å². The Morgan fingerprint density at radius 3 is 2.14 bits per heavy atom. The van der Waals surface area contributed by atoms with Crippen LogP contribution in [0.5, 0.6) is 11.5 Å². The fourth-order valence-corrected chi connectivity index (χ4v) is 3.18. The number of fused-ring (bicyclic) bond motifs is 1. The number of halogens is 2. The molecule has 0 saturated heterocycles. The second-order valence-electron chi connectivity index (χ2n) is 5.70. The number of para-hydroxylation sites is 1. The summed E-state index contributed by atoms with van der Waals surface area (Å²) in [6, 6.07) is 18.3. The predicted octanol–water partition coefficient (Wildman–Crippen LogP) is 3.86. The lowest BCUT2D eigenvalue weighted by molar-refractivity contribution is -0.131. The maximum absolute atomic E-state index is 11.9. The SMILES string of the molecule is O=C(COc1ccccc1Cl)NNC(=O)COc1ccc2ccccc2c1Br. The summed E-state index contributed by atoms with van der Waals surface area (Å²) in [5, 5.41) is 2.43. The Morgan fingerprint density at radius 2 is 1.43 bits per heavy atom. The van der Waals surface area contributed by atoms with E-state index >= 15 is 0 Å². The van der Waals surface area contributed by atoms with E-state index < -0.39 is 11.8 Å². The molecule has 3 rings (SSSR count). The Bertz CT molecular complexity index is 1010. The Kier molecular flexibility index (Phi) is 6.73. The molecule has 2 amide bonds. The van der Waals surface area contributed by atoms with Crippen LogP contribution < -0.4 is 20.3 Å². The Hall–Kier alpha value is -2.77. The van der Waals surface area contributed by atoms with Gasteiger partial charge in [-0.25, -0.2) is 0 Å². The van der Waals surface area contributed by atoms with Crippen molar-refractivity contribution < 1.29 is 19.1 Å². The van der Waals surface area contributed by atoms with Crippen LogP contribution in [0.25, 0.3) is 10.8 Å². The van der Waals surface area contributed by atoms with E-state index in [2.05, 4.69) is 26.8 Å². The monoisotopic (exact) mass is 462 g/mol. The number of hydrogen-bond donors (Lipinski definition) is 2. The molecule has 144 valence electrons. The number of hydrogen-bond acceptors (Lipinski definition) is 4. The number of nitrogens with one attached hydrogen (secondary N) is 2. The third-order valence-electron chi connectivity index (χ3n) is 3.72. The van der Waals surface area contributed by atoms with E-state index in [1.165, 1.54) is 0 Å². The van der Waals surface area contributed by atoms with E-state index in [4.69, 9.17) is 21.1 Å². The number of carbonyl (C=O) groups is 2. The average Bonchev–Trinajstić information content (AvgIpc) is 2.71. The van der Waals surface area contributed by atoms with Crippen molar-refractivity contribution in [1.29, 1.82) is 0 Å². The first-order valence-electron chi connectivity index (χ1n) is 8.29. The summed E-state index contributed by atoms with van der Waals surface area (Å²) in [6.45, 7) is -0.552. The zero-order valence-corrected chi connectivity index (χ0v) is 16.9. The third kappa shape index (κ3) is 5.15. The highest BCUT2D eigenvalue weighted by Crippen LogP contribution is 2.32. The van der Waals surface area contributed by atoms with Crippen LogP contribution in [0.3, 0.4) is 0 Å². The van der Waals surface area contributed by atoms with Gasteiger partial charge in [-0.2, -0.15) is 0 Å². The highest BCUT2D eigenvalue weighted by molar-refractivity contribution is 9.10. The number of hydrazine groups is 1. The van der Waals surface area contributed by atoms with Crippen LogP contribution in [0, 0.1) is 0 Å². The summed E-state index contributed by atoms with van der Waals surface area (Å²) >= 11 is 9.43. The molecule has 8 heteroatoms. The molecule has 0 atom stereocenters. The van der Waals surface area contributed by atoms with Crippen LogP contribution in [-0.4, -0.2) is 25.0 Å². The van der Waals surface area contributed by atoms with Gasteiger partial charge in [-0.15, -0.1) is 0 Å². The van der Waals surface area contributed by atoms with Crippen LogP contribution in [0.2, 0.25) is 5.02 Å². The van der Waals surface area contributed by atoms with Crippen LogP contribution in [0.15, 0.2) is 65.1 Å². The topological polar surface area (TPSA) is 76.7 Å². The van der Waals surface area contributed by atoms with E-state index in [-0.39, 0.29) is 13.2 Å². The van der Waals surface area contributed by atoms with Gasteiger partial charge in [-0.1, -0.05) is 54.1 Å². The molecular weight excluding hydrogens is 448 g/mol. The molecule has 0 fully saturated rings. The summed E-state index contributed by atoms with van der Waals surface area (Å²) in [4.78, 5) is 23.7. The standard InChI is InChI=1S/C20H16BrClN2O4/c21-20-14-6-2-1-5-13(14)9-10-17(20)28-12-19(26)24-23-18(25)11-27-16-8-4-3-7-15(16)22/h1-10H,11-12H2,(H,23,25)(H,24,26). The minimum Gasteiger partial charge on any atom is -0.483 e. The van der Waals surface area contributed by atoms with E-state index in [1.807, 2.05) is 30.3 Å². The first kappa shape index (κ1) is 20.0. The summed E-state index contributed by atoms with van der Waals surface area (Å²) < 4.78 is 11.6. The average molecular weight is 464 g/mol. The molecule has 0 aliphatic rings. The van der Waals surface area contributed by atoms with Crippen molar-refractivity contribution in [2.75, 3.05) is 13.2 Å². The lowest BCUT2D eigenvalue weighted by Gasteiger charge is -2.12. The lowest BCUT2D eigenvalue weighted by Crippen LogP contribution is -2.45. The van der Waals surface area contributed by atoms with Crippen molar-refractivity contribution in [3.63, 3.8) is 0 Å². The molecule has 0 bridgehead atoms. The van der Waals surface area contributed by atoms with E-state index in [0.717, 1.165) is 15.2 Å². The van der Waals surface area contributed by atoms with E-state index in [9.17, 15) is 9.59 Å². The minimum absolute atomic E-state index is 0.261. The number of rotatable bonds is 6. The van der Waals surface area contributed by atoms with Gasteiger partial charge in [0.05, 0.1) is 9.50 Å². The number of benzene rings is 3. The van der Waals surface area contributed by atoms with Crippen molar-refractivity contribution in [3.8, 4) is 11.5 Å². The molecule has 0 aliphatic heterocycles. The van der Waals surface area contributed by atoms with E-state index in [0.29, 0.717) is 16.5 Å². The number of carbonyl (C=O) groups excluding carboxylic acids is 2. The second kappa shape index (κ2) is 9.43. The van der Waals surface area contributed by atoms with Gasteiger partial charge in [0, 0.05) is 0 Å². The van der Waals surface area contributed by atoms with Gasteiger partial charge < -0.3 is 9.47 Å². The summed E-state index contributed by atoms with van der Waals surface area (Å²) in [5.74, 6) is -0.122. The van der Waals surface area contributed by atoms with Crippen molar-refractivity contribution in [2.24, 2.45) is 0 Å². The first-order chi connectivity index (χ1) is 13.5. The quantitative estimate of drug-likeness (QED) is 0.544. The minimum atomic E-state index is -0.528. The zero-order valence-electron chi connectivity index (χ0n) is 14.6. The van der Waals surface area contributed by atoms with Gasteiger partial charge in [0.1, 0.15) is 11.5 Å². The van der Waals surface area contributed by atoms with Crippen LogP contribution in [-0.2, 0) is 9.59 Å². The highest BCUT2D eigenvalue weighted by Gasteiger charge is 2.10. The molecule has 6 nitrogen and oxygen atoms in total. The predicted molar refractivity (Wildman–Crippen MR) is 110 cm³/mol. The molecule has 0 unspecified atom stereocenters.